The summed E-state index contributed by atoms with van der Waals surface area (Å²) >= 11 is 0. The number of likely N-dealkylation sites (tertiary alicyclic amines) is 1. The van der Waals surface area contributed by atoms with E-state index in [-0.39, 0.29) is 0 Å². The topological polar surface area (TPSA) is 15.3 Å². The van der Waals surface area contributed by atoms with Crippen molar-refractivity contribution >= 4 is 0 Å². The van der Waals surface area contributed by atoms with Crippen LogP contribution in [0.1, 0.15) is 24.1 Å². The van der Waals surface area contributed by atoms with Crippen LogP contribution in [-0.4, -0.2) is 31.1 Å². The van der Waals surface area contributed by atoms with Crippen molar-refractivity contribution in [2.45, 2.75) is 25.9 Å². The van der Waals surface area contributed by atoms with Gasteiger partial charge in [-0.1, -0.05) is 24.3 Å². The smallest absolute Gasteiger partial charge is 0.0327 e. The van der Waals surface area contributed by atoms with Gasteiger partial charge in [-0.25, -0.2) is 0 Å². The lowest BCUT2D eigenvalue weighted by Crippen LogP contribution is -2.56. The number of hydrogen-bond donors (Lipinski definition) is 1. The van der Waals surface area contributed by atoms with E-state index in [2.05, 4.69) is 55.4 Å². The second kappa shape index (κ2) is 4.33. The number of nitrogens with zero attached hydrogens (tertiary/aromatic N) is 1. The summed E-state index contributed by atoms with van der Waals surface area (Å²) in [5.74, 6) is 0. The molecule has 2 heteroatoms. The fraction of sp³-hybridized carbons (Fsp3) is 0.538. The molecule has 0 saturated carbocycles. The Morgan fingerprint density at radius 2 is 2.00 bits per heavy atom. The summed E-state index contributed by atoms with van der Waals surface area (Å²) in [6, 6.07) is 9.75. The van der Waals surface area contributed by atoms with Crippen LogP contribution in [0.2, 0.25) is 0 Å². The van der Waals surface area contributed by atoms with Crippen LogP contribution in [0, 0.1) is 6.92 Å². The SMILES string of the molecule is Cc1ccccc1C(C)NC1CN(C)C1. The Kier molecular flexibility index (Phi) is 3.08. The average molecular weight is 204 g/mol. The van der Waals surface area contributed by atoms with Crippen LogP contribution < -0.4 is 5.32 Å². The normalized spacial score (nSPS) is 19.9. The first kappa shape index (κ1) is 10.7. The monoisotopic (exact) mass is 204 g/mol. The number of hydrogen-bond acceptors (Lipinski definition) is 2. The van der Waals surface area contributed by atoms with Crippen LogP contribution >= 0.6 is 0 Å². The molecule has 1 N–H and O–H groups in total. The molecule has 1 heterocycles. The predicted octanol–water partition coefficient (Wildman–Crippen LogP) is 1.96. The van der Waals surface area contributed by atoms with Gasteiger partial charge in [-0.15, -0.1) is 0 Å². The molecular weight excluding hydrogens is 184 g/mol. The van der Waals surface area contributed by atoms with Gasteiger partial charge in [0, 0.05) is 25.2 Å². The van der Waals surface area contributed by atoms with E-state index in [4.69, 9.17) is 0 Å². The number of nitrogens with one attached hydrogen (secondary N) is 1. The van der Waals surface area contributed by atoms with Gasteiger partial charge in [0.25, 0.3) is 0 Å². The minimum absolute atomic E-state index is 0.463. The first-order chi connectivity index (χ1) is 7.16. The quantitative estimate of drug-likeness (QED) is 0.809. The third kappa shape index (κ3) is 2.39. The maximum absolute atomic E-state index is 3.66. The lowest BCUT2D eigenvalue weighted by Gasteiger charge is -2.38. The van der Waals surface area contributed by atoms with Gasteiger partial charge in [0.05, 0.1) is 0 Å². The highest BCUT2D eigenvalue weighted by Gasteiger charge is 2.24. The largest absolute Gasteiger partial charge is 0.305 e. The molecule has 1 aromatic carbocycles. The van der Waals surface area contributed by atoms with Gasteiger partial charge in [0.2, 0.25) is 0 Å². The molecule has 1 aliphatic rings. The van der Waals surface area contributed by atoms with Crippen LogP contribution in [0.3, 0.4) is 0 Å². The van der Waals surface area contributed by atoms with Crippen molar-refractivity contribution < 1.29 is 0 Å². The lowest BCUT2D eigenvalue weighted by atomic mass is 10.0. The van der Waals surface area contributed by atoms with E-state index in [0.717, 1.165) is 0 Å². The van der Waals surface area contributed by atoms with Gasteiger partial charge in [0.1, 0.15) is 0 Å². The Balaban J connectivity index is 1.96. The molecule has 1 aliphatic heterocycles. The fourth-order valence-electron chi connectivity index (χ4n) is 2.32. The maximum Gasteiger partial charge on any atom is 0.0327 e. The van der Waals surface area contributed by atoms with Gasteiger partial charge in [-0.3, -0.25) is 0 Å². The van der Waals surface area contributed by atoms with E-state index in [1.54, 1.807) is 0 Å². The van der Waals surface area contributed by atoms with Crippen molar-refractivity contribution in [2.24, 2.45) is 0 Å². The van der Waals surface area contributed by atoms with Gasteiger partial charge < -0.3 is 10.2 Å². The van der Waals surface area contributed by atoms with Gasteiger partial charge in [-0.2, -0.15) is 0 Å². The number of rotatable bonds is 3. The summed E-state index contributed by atoms with van der Waals surface area (Å²) in [5, 5.41) is 3.66. The fourth-order valence-corrected chi connectivity index (χ4v) is 2.32. The molecule has 82 valence electrons. The first-order valence-corrected chi connectivity index (χ1v) is 5.67. The van der Waals surface area contributed by atoms with Crippen LogP contribution in [0.4, 0.5) is 0 Å². The van der Waals surface area contributed by atoms with Crippen molar-refractivity contribution in [2.75, 3.05) is 20.1 Å². The van der Waals surface area contributed by atoms with Crippen LogP contribution in [0.25, 0.3) is 0 Å². The minimum atomic E-state index is 0.463. The van der Waals surface area contributed by atoms with Gasteiger partial charge in [-0.05, 0) is 32.0 Å². The second-order valence-electron chi connectivity index (χ2n) is 4.66. The second-order valence-corrected chi connectivity index (χ2v) is 4.66. The van der Waals surface area contributed by atoms with E-state index in [0.29, 0.717) is 12.1 Å². The molecule has 1 atom stereocenters. The van der Waals surface area contributed by atoms with E-state index in [9.17, 15) is 0 Å². The van der Waals surface area contributed by atoms with Crippen molar-refractivity contribution in [1.82, 2.24) is 10.2 Å². The molecule has 0 radical (unpaired) electrons. The highest BCUT2D eigenvalue weighted by atomic mass is 15.2. The molecular formula is C13H20N2. The summed E-state index contributed by atoms with van der Waals surface area (Å²) in [5.41, 5.74) is 2.80. The highest BCUT2D eigenvalue weighted by molar-refractivity contribution is 5.28. The standard InChI is InChI=1S/C13H20N2/c1-10-6-4-5-7-13(10)11(2)14-12-8-15(3)9-12/h4-7,11-12,14H,8-9H2,1-3H3. The molecule has 2 nitrogen and oxygen atoms in total. The summed E-state index contributed by atoms with van der Waals surface area (Å²) in [6.45, 7) is 6.79. The van der Waals surface area contributed by atoms with Crippen LogP contribution in [0.15, 0.2) is 24.3 Å². The van der Waals surface area contributed by atoms with E-state index >= 15 is 0 Å². The average Bonchev–Trinajstić information content (AvgIpc) is 2.16. The first-order valence-electron chi connectivity index (χ1n) is 5.67. The summed E-state index contributed by atoms with van der Waals surface area (Å²) in [7, 11) is 2.16. The Hall–Kier alpha value is -0.860. The Labute approximate surface area is 92.3 Å². The molecule has 0 amide bonds. The molecule has 15 heavy (non-hydrogen) atoms. The van der Waals surface area contributed by atoms with Crippen molar-refractivity contribution in [3.63, 3.8) is 0 Å². The van der Waals surface area contributed by atoms with E-state index in [1.807, 2.05) is 0 Å². The molecule has 2 rings (SSSR count). The van der Waals surface area contributed by atoms with Crippen molar-refractivity contribution in [1.29, 1.82) is 0 Å². The lowest BCUT2D eigenvalue weighted by molar-refractivity contribution is 0.153. The minimum Gasteiger partial charge on any atom is -0.305 e. The zero-order chi connectivity index (χ0) is 10.8. The predicted molar refractivity (Wildman–Crippen MR) is 64.0 cm³/mol. The summed E-state index contributed by atoms with van der Waals surface area (Å²) < 4.78 is 0. The Bertz CT molecular complexity index is 329. The van der Waals surface area contributed by atoms with Gasteiger partial charge >= 0.3 is 0 Å². The van der Waals surface area contributed by atoms with Crippen LogP contribution in [-0.2, 0) is 0 Å². The third-order valence-corrected chi connectivity index (χ3v) is 3.20. The molecule has 1 fully saturated rings. The maximum atomic E-state index is 3.66. The molecule has 1 unspecified atom stereocenters. The number of benzene rings is 1. The molecule has 1 aromatic rings. The summed E-state index contributed by atoms with van der Waals surface area (Å²) in [4.78, 5) is 2.34. The zero-order valence-corrected chi connectivity index (χ0v) is 9.83. The number of likely N-dealkylation sites (N-methyl/N-ethyl adjacent to an activating group) is 1. The van der Waals surface area contributed by atoms with Crippen LogP contribution in [0.5, 0.6) is 0 Å². The molecule has 1 saturated heterocycles. The van der Waals surface area contributed by atoms with Crippen molar-refractivity contribution in [3.05, 3.63) is 35.4 Å². The van der Waals surface area contributed by atoms with Gasteiger partial charge in [0.15, 0.2) is 0 Å². The highest BCUT2D eigenvalue weighted by Crippen LogP contribution is 2.18. The summed E-state index contributed by atoms with van der Waals surface area (Å²) in [6.07, 6.45) is 0. The Morgan fingerprint density at radius 3 is 2.60 bits per heavy atom. The zero-order valence-electron chi connectivity index (χ0n) is 9.83. The Morgan fingerprint density at radius 1 is 1.33 bits per heavy atom. The molecule has 0 bridgehead atoms. The molecule has 0 spiro atoms. The van der Waals surface area contributed by atoms with Crippen molar-refractivity contribution in [3.8, 4) is 0 Å². The molecule has 0 aromatic heterocycles. The molecule has 0 aliphatic carbocycles. The van der Waals surface area contributed by atoms with E-state index in [1.165, 1.54) is 24.2 Å². The number of aryl methyl sites for hydroxylation is 1. The third-order valence-electron chi connectivity index (χ3n) is 3.20. The van der Waals surface area contributed by atoms with E-state index < -0.39 is 0 Å².